The van der Waals surface area contributed by atoms with E-state index in [1.54, 1.807) is 11.3 Å². The highest BCUT2D eigenvalue weighted by atomic mass is 32.1. The van der Waals surface area contributed by atoms with E-state index < -0.39 is 0 Å². The van der Waals surface area contributed by atoms with Crippen LogP contribution in [0.1, 0.15) is 39.3 Å². The minimum Gasteiger partial charge on any atom is -0.387 e. The van der Waals surface area contributed by atoms with Crippen LogP contribution in [0, 0.1) is 18.8 Å². The Labute approximate surface area is 117 Å². The smallest absolute Gasteiger partial charge is 0.0918 e. The molecule has 1 nitrogen and oxygen atoms in total. The monoisotopic (exact) mass is 270 g/mol. The molecule has 2 aromatic rings. The van der Waals surface area contributed by atoms with Gasteiger partial charge in [-0.25, -0.2) is 0 Å². The van der Waals surface area contributed by atoms with E-state index in [2.05, 4.69) is 43.3 Å². The molecule has 0 aliphatic heterocycles. The minimum atomic E-state index is -0.264. The number of hydrogen-bond acceptors (Lipinski definition) is 2. The van der Waals surface area contributed by atoms with Crippen LogP contribution in [0.25, 0.3) is 0 Å². The van der Waals surface area contributed by atoms with Crippen LogP contribution < -0.4 is 0 Å². The van der Waals surface area contributed by atoms with Crippen LogP contribution in [0.3, 0.4) is 0 Å². The molecule has 2 heteroatoms. The molecule has 0 bridgehead atoms. The van der Waals surface area contributed by atoms with Crippen LogP contribution in [-0.2, 0) is 6.42 Å². The Morgan fingerprint density at radius 3 is 2.84 bits per heavy atom. The molecule has 0 radical (unpaired) electrons. The zero-order chi connectivity index (χ0) is 13.0. The highest BCUT2D eigenvalue weighted by Gasteiger charge is 2.56. The second-order valence-corrected chi connectivity index (χ2v) is 7.22. The summed E-state index contributed by atoms with van der Waals surface area (Å²) in [6.07, 6.45) is 2.16. The highest BCUT2D eigenvalue weighted by molar-refractivity contribution is 7.12. The lowest BCUT2D eigenvalue weighted by Gasteiger charge is -2.13. The molecule has 1 N–H and O–H groups in total. The number of thiophene rings is 1. The molecule has 19 heavy (non-hydrogen) atoms. The molecule has 1 aromatic heterocycles. The van der Waals surface area contributed by atoms with Gasteiger partial charge in [0.2, 0.25) is 0 Å². The molecular formula is C17H18OS. The highest BCUT2D eigenvalue weighted by Crippen LogP contribution is 2.64. The van der Waals surface area contributed by atoms with Gasteiger partial charge in [-0.2, -0.15) is 0 Å². The summed E-state index contributed by atoms with van der Waals surface area (Å²) in [7, 11) is 0. The van der Waals surface area contributed by atoms with Crippen molar-refractivity contribution >= 4 is 11.3 Å². The fourth-order valence-electron chi connectivity index (χ4n) is 3.85. The van der Waals surface area contributed by atoms with Gasteiger partial charge in [0.1, 0.15) is 0 Å². The fraction of sp³-hybridized carbons (Fsp3) is 0.412. The standard InChI is InChI=1S/C17H18OS/c1-10-6-9-14(19-10)17(18)16-13-8-7-11-4-2-3-5-12(11)15(13)16/h2-6,9,13,15-18H,7-8H2,1H3. The first-order chi connectivity index (χ1) is 9.25. The van der Waals surface area contributed by atoms with Gasteiger partial charge >= 0.3 is 0 Å². The Balaban J connectivity index is 1.63. The number of fused-ring (bicyclic) bond motifs is 3. The Bertz CT molecular complexity index is 615. The van der Waals surface area contributed by atoms with Crippen molar-refractivity contribution in [2.24, 2.45) is 11.8 Å². The maximum absolute atomic E-state index is 10.6. The maximum Gasteiger partial charge on any atom is 0.0918 e. The van der Waals surface area contributed by atoms with Crippen molar-refractivity contribution in [2.45, 2.75) is 31.8 Å². The molecule has 0 amide bonds. The third-order valence-electron chi connectivity index (χ3n) is 4.81. The molecule has 0 spiro atoms. The predicted molar refractivity (Wildman–Crippen MR) is 78.5 cm³/mol. The van der Waals surface area contributed by atoms with E-state index in [9.17, 15) is 5.11 Å². The predicted octanol–water partition coefficient (Wildman–Crippen LogP) is 4.07. The summed E-state index contributed by atoms with van der Waals surface area (Å²) in [5.74, 6) is 1.75. The van der Waals surface area contributed by atoms with E-state index in [1.165, 1.54) is 28.8 Å². The van der Waals surface area contributed by atoms with Crippen LogP contribution in [0.2, 0.25) is 0 Å². The van der Waals surface area contributed by atoms with Crippen LogP contribution in [0.5, 0.6) is 0 Å². The van der Waals surface area contributed by atoms with Crippen LogP contribution in [0.15, 0.2) is 36.4 Å². The largest absolute Gasteiger partial charge is 0.387 e. The van der Waals surface area contributed by atoms with Crippen LogP contribution in [0.4, 0.5) is 0 Å². The van der Waals surface area contributed by atoms with Crippen molar-refractivity contribution in [1.82, 2.24) is 0 Å². The SMILES string of the molecule is Cc1ccc(C(O)C2C3CCc4ccccc4C32)s1. The first-order valence-electron chi connectivity index (χ1n) is 7.08. The molecule has 1 saturated carbocycles. The Kier molecular flexibility index (Phi) is 2.58. The van der Waals surface area contributed by atoms with Crippen LogP contribution >= 0.6 is 11.3 Å². The molecule has 2 aliphatic rings. The van der Waals surface area contributed by atoms with Gasteiger partial charge in [-0.1, -0.05) is 24.3 Å². The molecule has 1 aromatic carbocycles. The van der Waals surface area contributed by atoms with Gasteiger partial charge in [-0.15, -0.1) is 11.3 Å². The number of aliphatic hydroxyl groups is 1. The van der Waals surface area contributed by atoms with E-state index in [-0.39, 0.29) is 6.10 Å². The van der Waals surface area contributed by atoms with Crippen molar-refractivity contribution in [1.29, 1.82) is 0 Å². The van der Waals surface area contributed by atoms with Crippen molar-refractivity contribution in [2.75, 3.05) is 0 Å². The molecule has 4 atom stereocenters. The molecule has 2 aliphatic carbocycles. The van der Waals surface area contributed by atoms with Gasteiger partial charge < -0.3 is 5.11 Å². The topological polar surface area (TPSA) is 20.2 Å². The quantitative estimate of drug-likeness (QED) is 0.872. The lowest BCUT2D eigenvalue weighted by Crippen LogP contribution is -2.00. The lowest BCUT2D eigenvalue weighted by atomic mass is 9.92. The lowest BCUT2D eigenvalue weighted by molar-refractivity contribution is 0.148. The van der Waals surface area contributed by atoms with E-state index in [1.807, 2.05) is 0 Å². The molecule has 1 heterocycles. The average molecular weight is 270 g/mol. The minimum absolute atomic E-state index is 0.264. The zero-order valence-corrected chi connectivity index (χ0v) is 11.9. The summed E-state index contributed by atoms with van der Waals surface area (Å²) >= 11 is 1.74. The third kappa shape index (κ3) is 1.78. The Morgan fingerprint density at radius 2 is 2.05 bits per heavy atom. The van der Waals surface area contributed by atoms with Crippen molar-refractivity contribution in [3.63, 3.8) is 0 Å². The molecule has 98 valence electrons. The second-order valence-electron chi connectivity index (χ2n) is 5.90. The molecular weight excluding hydrogens is 252 g/mol. The normalized spacial score (nSPS) is 29.5. The molecule has 4 unspecified atom stereocenters. The summed E-state index contributed by atoms with van der Waals surface area (Å²) in [6.45, 7) is 2.11. The maximum atomic E-state index is 10.6. The van der Waals surface area contributed by atoms with Gasteiger partial charge in [-0.05, 0) is 54.9 Å². The third-order valence-corrected chi connectivity index (χ3v) is 5.88. The molecule has 1 fully saturated rings. The van der Waals surface area contributed by atoms with E-state index in [0.717, 1.165) is 4.88 Å². The fourth-order valence-corrected chi connectivity index (χ4v) is 4.77. The number of aryl methyl sites for hydroxylation is 2. The van der Waals surface area contributed by atoms with Crippen LogP contribution in [-0.4, -0.2) is 5.11 Å². The summed E-state index contributed by atoms with van der Waals surface area (Å²) < 4.78 is 0. The average Bonchev–Trinajstić information content (AvgIpc) is 3.03. The summed E-state index contributed by atoms with van der Waals surface area (Å²) in [5, 5.41) is 10.6. The van der Waals surface area contributed by atoms with E-state index >= 15 is 0 Å². The van der Waals surface area contributed by atoms with Gasteiger partial charge in [-0.3, -0.25) is 0 Å². The first-order valence-corrected chi connectivity index (χ1v) is 7.89. The van der Waals surface area contributed by atoms with Gasteiger partial charge in [0.15, 0.2) is 0 Å². The number of rotatable bonds is 2. The van der Waals surface area contributed by atoms with Crippen molar-refractivity contribution in [3.8, 4) is 0 Å². The summed E-state index contributed by atoms with van der Waals surface area (Å²) in [5.41, 5.74) is 3.00. The number of hydrogen-bond donors (Lipinski definition) is 1. The summed E-state index contributed by atoms with van der Waals surface area (Å²) in [6, 6.07) is 13.0. The first kappa shape index (κ1) is 11.7. The Hall–Kier alpha value is -1.12. The van der Waals surface area contributed by atoms with Gasteiger partial charge in [0.25, 0.3) is 0 Å². The number of aliphatic hydroxyl groups excluding tert-OH is 1. The number of benzene rings is 1. The van der Waals surface area contributed by atoms with Crippen molar-refractivity contribution in [3.05, 3.63) is 57.3 Å². The van der Waals surface area contributed by atoms with Gasteiger partial charge in [0.05, 0.1) is 6.10 Å². The van der Waals surface area contributed by atoms with Gasteiger partial charge in [0, 0.05) is 15.7 Å². The Morgan fingerprint density at radius 1 is 1.21 bits per heavy atom. The molecule has 4 rings (SSSR count). The van der Waals surface area contributed by atoms with E-state index in [4.69, 9.17) is 0 Å². The summed E-state index contributed by atoms with van der Waals surface area (Å²) in [4.78, 5) is 2.44. The second kappa shape index (κ2) is 4.19. The van der Waals surface area contributed by atoms with E-state index in [0.29, 0.717) is 17.8 Å². The van der Waals surface area contributed by atoms with Crippen molar-refractivity contribution < 1.29 is 5.11 Å². The zero-order valence-electron chi connectivity index (χ0n) is 11.0. The molecule has 0 saturated heterocycles.